The summed E-state index contributed by atoms with van der Waals surface area (Å²) in [5, 5.41) is 5.85. The van der Waals surface area contributed by atoms with Gasteiger partial charge in [-0.25, -0.2) is 4.79 Å². The normalized spacial score (nSPS) is 15.7. The van der Waals surface area contributed by atoms with Gasteiger partial charge in [-0.2, -0.15) is 0 Å². The number of hydrogen-bond donors (Lipinski definition) is 2. The molecule has 2 aromatic carbocycles. The van der Waals surface area contributed by atoms with E-state index in [1.165, 1.54) is 0 Å². The smallest absolute Gasteiger partial charge is 0.321 e. The fourth-order valence-electron chi connectivity index (χ4n) is 3.66. The quantitative estimate of drug-likeness (QED) is 0.708. The van der Waals surface area contributed by atoms with E-state index in [0.717, 1.165) is 24.1 Å². The molecular formula is C23H29N3O5. The highest BCUT2D eigenvalue weighted by Gasteiger charge is 2.28. The Balaban J connectivity index is 1.60. The van der Waals surface area contributed by atoms with Gasteiger partial charge in [0.25, 0.3) is 0 Å². The number of benzene rings is 2. The molecule has 2 aromatic rings. The van der Waals surface area contributed by atoms with Crippen LogP contribution < -0.4 is 24.8 Å². The Morgan fingerprint density at radius 2 is 1.68 bits per heavy atom. The highest BCUT2D eigenvalue weighted by Crippen LogP contribution is 2.34. The second kappa shape index (κ2) is 10.6. The van der Waals surface area contributed by atoms with Gasteiger partial charge in [0.05, 0.1) is 27.2 Å². The lowest BCUT2D eigenvalue weighted by atomic mass is 9.97. The van der Waals surface area contributed by atoms with E-state index in [2.05, 4.69) is 10.6 Å². The maximum Gasteiger partial charge on any atom is 0.321 e. The number of nitrogens with one attached hydrogen (secondary N) is 2. The molecule has 3 rings (SSSR count). The predicted molar refractivity (Wildman–Crippen MR) is 118 cm³/mol. The number of rotatable bonds is 7. The van der Waals surface area contributed by atoms with Crippen LogP contribution in [0.25, 0.3) is 0 Å². The van der Waals surface area contributed by atoms with Crippen molar-refractivity contribution in [1.82, 2.24) is 10.2 Å². The molecule has 31 heavy (non-hydrogen) atoms. The summed E-state index contributed by atoms with van der Waals surface area (Å²) in [6.07, 6.45) is 1.52. The average molecular weight is 428 g/mol. The van der Waals surface area contributed by atoms with Crippen molar-refractivity contribution < 1.29 is 23.8 Å². The molecule has 166 valence electrons. The average Bonchev–Trinajstić information content (AvgIpc) is 2.82. The van der Waals surface area contributed by atoms with Crippen LogP contribution >= 0.6 is 0 Å². The SMILES string of the molecule is COc1cc(OC)c(OC)cc1CNC(=O)[C@H]1CCCN(C(=O)Nc2ccccc2)C1. The van der Waals surface area contributed by atoms with Gasteiger partial charge in [-0.05, 0) is 31.0 Å². The van der Waals surface area contributed by atoms with E-state index < -0.39 is 0 Å². The van der Waals surface area contributed by atoms with Gasteiger partial charge in [0.15, 0.2) is 11.5 Å². The predicted octanol–water partition coefficient (Wildman–Crippen LogP) is 3.27. The summed E-state index contributed by atoms with van der Waals surface area (Å²) in [5.41, 5.74) is 1.52. The highest BCUT2D eigenvalue weighted by atomic mass is 16.5. The number of para-hydroxylation sites is 1. The van der Waals surface area contributed by atoms with E-state index >= 15 is 0 Å². The molecular weight excluding hydrogens is 398 g/mol. The van der Waals surface area contributed by atoms with E-state index in [1.54, 1.807) is 38.4 Å². The number of urea groups is 1. The molecule has 8 heteroatoms. The first-order chi connectivity index (χ1) is 15.0. The molecule has 0 saturated carbocycles. The lowest BCUT2D eigenvalue weighted by Crippen LogP contribution is -2.46. The van der Waals surface area contributed by atoms with Crippen LogP contribution in [0.15, 0.2) is 42.5 Å². The van der Waals surface area contributed by atoms with Crippen molar-refractivity contribution in [3.63, 3.8) is 0 Å². The van der Waals surface area contributed by atoms with Gasteiger partial charge in [-0.15, -0.1) is 0 Å². The first kappa shape index (κ1) is 22.3. The minimum absolute atomic E-state index is 0.0888. The monoisotopic (exact) mass is 427 g/mol. The summed E-state index contributed by atoms with van der Waals surface area (Å²) in [6.45, 7) is 1.30. The molecule has 1 atom stereocenters. The van der Waals surface area contributed by atoms with Crippen molar-refractivity contribution in [3.05, 3.63) is 48.0 Å². The lowest BCUT2D eigenvalue weighted by molar-refractivity contribution is -0.126. The maximum atomic E-state index is 12.8. The highest BCUT2D eigenvalue weighted by molar-refractivity contribution is 5.90. The third-order valence-corrected chi connectivity index (χ3v) is 5.34. The molecule has 3 amide bonds. The number of piperidine rings is 1. The zero-order valence-corrected chi connectivity index (χ0v) is 18.1. The summed E-state index contributed by atoms with van der Waals surface area (Å²) in [6, 6.07) is 12.6. The molecule has 0 aliphatic carbocycles. The number of amides is 3. The number of carbonyl (C=O) groups is 2. The molecule has 0 bridgehead atoms. The number of anilines is 1. The number of likely N-dealkylation sites (tertiary alicyclic amines) is 1. The summed E-state index contributed by atoms with van der Waals surface area (Å²) in [7, 11) is 4.68. The summed E-state index contributed by atoms with van der Waals surface area (Å²) < 4.78 is 16.1. The van der Waals surface area contributed by atoms with E-state index in [-0.39, 0.29) is 24.4 Å². The van der Waals surface area contributed by atoms with Crippen LogP contribution in [0.2, 0.25) is 0 Å². The van der Waals surface area contributed by atoms with Crippen LogP contribution in [0.5, 0.6) is 17.2 Å². The Morgan fingerprint density at radius 3 is 2.35 bits per heavy atom. The molecule has 0 aromatic heterocycles. The van der Waals surface area contributed by atoms with Crippen LogP contribution in [0, 0.1) is 5.92 Å². The van der Waals surface area contributed by atoms with Crippen LogP contribution in [-0.2, 0) is 11.3 Å². The number of hydrogen-bond acceptors (Lipinski definition) is 5. The number of nitrogens with zero attached hydrogens (tertiary/aromatic N) is 1. The molecule has 8 nitrogen and oxygen atoms in total. The molecule has 1 aliphatic heterocycles. The molecule has 1 saturated heterocycles. The van der Waals surface area contributed by atoms with Gasteiger partial charge in [0, 0.05) is 37.0 Å². The first-order valence-corrected chi connectivity index (χ1v) is 10.2. The van der Waals surface area contributed by atoms with Gasteiger partial charge in [0.2, 0.25) is 5.91 Å². The van der Waals surface area contributed by atoms with Gasteiger partial charge in [-0.3, -0.25) is 4.79 Å². The van der Waals surface area contributed by atoms with E-state index in [9.17, 15) is 9.59 Å². The Labute approximate surface area is 182 Å². The standard InChI is InChI=1S/C23H29N3O5/c1-29-19-13-21(31-3)20(30-2)12-17(19)14-24-22(27)16-8-7-11-26(15-16)23(28)25-18-9-5-4-6-10-18/h4-6,9-10,12-13,16H,7-8,11,14-15H2,1-3H3,(H,24,27)(H,25,28)/t16-/m0/s1. The zero-order valence-electron chi connectivity index (χ0n) is 18.1. The third-order valence-electron chi connectivity index (χ3n) is 5.34. The van der Waals surface area contributed by atoms with Crippen LogP contribution in [0.1, 0.15) is 18.4 Å². The lowest BCUT2D eigenvalue weighted by Gasteiger charge is -2.32. The Hall–Kier alpha value is -3.42. The molecule has 0 spiro atoms. The minimum Gasteiger partial charge on any atom is -0.496 e. The van der Waals surface area contributed by atoms with Crippen molar-refractivity contribution in [1.29, 1.82) is 0 Å². The van der Waals surface area contributed by atoms with Crippen molar-refractivity contribution in [2.45, 2.75) is 19.4 Å². The second-order valence-corrected chi connectivity index (χ2v) is 7.32. The number of carbonyl (C=O) groups excluding carboxylic acids is 2. The second-order valence-electron chi connectivity index (χ2n) is 7.32. The van der Waals surface area contributed by atoms with Crippen molar-refractivity contribution in [3.8, 4) is 17.2 Å². The maximum absolute atomic E-state index is 12.8. The van der Waals surface area contributed by atoms with Crippen LogP contribution in [-0.4, -0.2) is 51.3 Å². The number of methoxy groups -OCH3 is 3. The van der Waals surface area contributed by atoms with Gasteiger partial charge >= 0.3 is 6.03 Å². The molecule has 1 fully saturated rings. The van der Waals surface area contributed by atoms with Gasteiger partial charge in [0.1, 0.15) is 5.75 Å². The van der Waals surface area contributed by atoms with Crippen LogP contribution in [0.4, 0.5) is 10.5 Å². The molecule has 1 aliphatic rings. The third kappa shape index (κ3) is 5.59. The molecule has 2 N–H and O–H groups in total. The summed E-state index contributed by atoms with van der Waals surface area (Å²) in [4.78, 5) is 27.1. The molecule has 0 radical (unpaired) electrons. The van der Waals surface area contributed by atoms with E-state index in [1.807, 2.05) is 30.3 Å². The Bertz CT molecular complexity index is 904. The minimum atomic E-state index is -0.263. The van der Waals surface area contributed by atoms with Crippen molar-refractivity contribution in [2.24, 2.45) is 5.92 Å². The zero-order chi connectivity index (χ0) is 22.2. The van der Waals surface area contributed by atoms with E-state index in [0.29, 0.717) is 30.3 Å². The van der Waals surface area contributed by atoms with Gasteiger partial charge in [-0.1, -0.05) is 18.2 Å². The fraction of sp³-hybridized carbons (Fsp3) is 0.391. The van der Waals surface area contributed by atoms with Crippen molar-refractivity contribution >= 4 is 17.6 Å². The molecule has 1 heterocycles. The van der Waals surface area contributed by atoms with Crippen molar-refractivity contribution in [2.75, 3.05) is 39.7 Å². The largest absolute Gasteiger partial charge is 0.496 e. The van der Waals surface area contributed by atoms with E-state index in [4.69, 9.17) is 14.2 Å². The Kier molecular flexibility index (Phi) is 7.59. The summed E-state index contributed by atoms with van der Waals surface area (Å²) >= 11 is 0. The topological polar surface area (TPSA) is 89.1 Å². The molecule has 0 unspecified atom stereocenters. The summed E-state index contributed by atoms with van der Waals surface area (Å²) in [5.74, 6) is 1.37. The van der Waals surface area contributed by atoms with Gasteiger partial charge < -0.3 is 29.7 Å². The Morgan fingerprint density at radius 1 is 1.00 bits per heavy atom. The number of ether oxygens (including phenoxy) is 3. The first-order valence-electron chi connectivity index (χ1n) is 10.2. The fourth-order valence-corrected chi connectivity index (χ4v) is 3.66. The van der Waals surface area contributed by atoms with Crippen LogP contribution in [0.3, 0.4) is 0 Å².